The van der Waals surface area contributed by atoms with Crippen LogP contribution in [0, 0.1) is 0 Å². The first kappa shape index (κ1) is 21.5. The van der Waals surface area contributed by atoms with Gasteiger partial charge in [0.2, 0.25) is 0 Å². The highest BCUT2D eigenvalue weighted by Crippen LogP contribution is 2.57. The molecule has 0 heterocycles. The Morgan fingerprint density at radius 2 is 1.31 bits per heavy atom. The van der Waals surface area contributed by atoms with E-state index in [9.17, 15) is 12.9 Å². The van der Waals surface area contributed by atoms with Gasteiger partial charge in [-0.2, -0.15) is 0 Å². The van der Waals surface area contributed by atoms with Gasteiger partial charge in [-0.1, -0.05) is 0 Å². The van der Waals surface area contributed by atoms with Gasteiger partial charge in [0.15, 0.2) is 0 Å². The van der Waals surface area contributed by atoms with Crippen LogP contribution in [0.15, 0.2) is 0 Å². The zero-order chi connectivity index (χ0) is 12.3. The lowest BCUT2D eigenvalue weighted by Crippen LogP contribution is -3.00. The van der Waals surface area contributed by atoms with Gasteiger partial charge in [-0.3, -0.25) is 12.9 Å². The number of hydrogen-bond acceptors (Lipinski definition) is 1. The van der Waals surface area contributed by atoms with Crippen molar-refractivity contribution in [3.8, 4) is 0 Å². The van der Waals surface area contributed by atoms with Gasteiger partial charge < -0.3 is 9.44 Å². The predicted octanol–water partition coefficient (Wildman–Crippen LogP) is 0.594. The molecule has 100 valence electrons. The molecule has 0 atom stereocenters. The van der Waals surface area contributed by atoms with Crippen LogP contribution in [0.4, 0.5) is 12.9 Å². The Bertz CT molecular complexity index is 126. The number of rotatable bonds is 6. The Morgan fingerprint density at radius 3 is 1.50 bits per heavy atom. The highest BCUT2D eigenvalue weighted by molar-refractivity contribution is 7.75. The van der Waals surface area contributed by atoms with Crippen molar-refractivity contribution in [2.75, 3.05) is 38.4 Å². The Balaban J connectivity index is -0.000000292. The fourth-order valence-corrected chi connectivity index (χ4v) is 4.29. The van der Waals surface area contributed by atoms with Crippen LogP contribution in [0.3, 0.4) is 0 Å². The van der Waals surface area contributed by atoms with Crippen LogP contribution in [0.25, 0.3) is 0 Å². The van der Waals surface area contributed by atoms with E-state index in [1.807, 2.05) is 0 Å². The molecule has 0 aliphatic carbocycles. The van der Waals surface area contributed by atoms with Crippen molar-refractivity contribution in [2.45, 2.75) is 20.8 Å². The van der Waals surface area contributed by atoms with Crippen LogP contribution in [-0.2, 0) is 4.74 Å². The van der Waals surface area contributed by atoms with E-state index >= 15 is 0 Å². The first-order valence-corrected chi connectivity index (χ1v) is 7.77. The lowest BCUT2D eigenvalue weighted by molar-refractivity contribution is -0.00000664. The molecule has 0 aromatic rings. The number of halogens is 4. The molecule has 0 fully saturated rings. The molecule has 7 heteroatoms. The summed E-state index contributed by atoms with van der Waals surface area (Å²) >= 11 is 0. The Labute approximate surface area is 97.1 Å². The molecule has 0 aromatic carbocycles. The Kier molecular flexibility index (Phi) is 17.8. The van der Waals surface area contributed by atoms with Crippen molar-refractivity contribution in [3.63, 3.8) is 0 Å². The van der Waals surface area contributed by atoms with Crippen molar-refractivity contribution in [2.24, 2.45) is 0 Å². The minimum absolute atomic E-state index is 0. The second-order valence-corrected chi connectivity index (χ2v) is 8.28. The molecule has 0 saturated heterocycles. The summed E-state index contributed by atoms with van der Waals surface area (Å²) < 4.78 is 34.1. The van der Waals surface area contributed by atoms with Crippen LogP contribution in [0.1, 0.15) is 20.8 Å². The van der Waals surface area contributed by atoms with Crippen molar-refractivity contribution in [3.05, 3.63) is 0 Å². The summed E-state index contributed by atoms with van der Waals surface area (Å²) in [4.78, 5) is 0. The number of hydrogen-bond donors (Lipinski definition) is 0. The average molecular weight is 264 g/mol. The molecule has 0 aromatic heterocycles. The summed E-state index contributed by atoms with van der Waals surface area (Å²) in [6.45, 7) is 7.95. The summed E-state index contributed by atoms with van der Waals surface area (Å²) in [7, 11) is -2.45. The third kappa shape index (κ3) is 12.2. The van der Waals surface area contributed by atoms with E-state index < -0.39 is 14.8 Å². The molecular weight excluding hydrogens is 242 g/mol. The molecule has 1 nitrogen and oxygen atoms in total. The van der Waals surface area contributed by atoms with E-state index in [0.29, 0.717) is 0 Å². The van der Waals surface area contributed by atoms with E-state index in [4.69, 9.17) is 4.74 Å². The molecule has 0 bridgehead atoms. The minimum atomic E-state index is -3.67. The van der Waals surface area contributed by atoms with Gasteiger partial charge in [0, 0.05) is 14.4 Å². The van der Waals surface area contributed by atoms with Gasteiger partial charge in [0.05, 0.1) is 31.3 Å². The van der Waals surface area contributed by atoms with Gasteiger partial charge in [-0.25, -0.2) is 0 Å². The third-order valence-electron chi connectivity index (χ3n) is 2.78. The molecule has 0 aliphatic heterocycles. The molecule has 16 heavy (non-hydrogen) atoms. The van der Waals surface area contributed by atoms with E-state index in [-0.39, 0.29) is 4.70 Å². The fraction of sp³-hybridized carbons (Fsp3) is 1.00. The molecule has 0 radical (unpaired) electrons. The van der Waals surface area contributed by atoms with Crippen LogP contribution in [0.2, 0.25) is 0 Å². The molecule has 0 rings (SSSR count). The fourth-order valence-electron chi connectivity index (χ4n) is 1.43. The van der Waals surface area contributed by atoms with E-state index in [1.165, 1.54) is 24.6 Å². The zero-order valence-electron chi connectivity index (χ0n) is 10.5. The van der Waals surface area contributed by atoms with Crippen LogP contribution >= 0.6 is 7.26 Å². The van der Waals surface area contributed by atoms with E-state index in [0.717, 1.165) is 6.61 Å². The van der Waals surface area contributed by atoms with E-state index in [1.54, 1.807) is 7.11 Å². The van der Waals surface area contributed by atoms with Gasteiger partial charge in [-0.15, -0.1) is 0 Å². The highest BCUT2D eigenvalue weighted by atomic mass is 31.2. The Hall–Kier alpha value is 0.175. The maximum absolute atomic E-state index is 9.67. The molecule has 0 saturated carbocycles. The lowest BCUT2D eigenvalue weighted by Gasteiger charge is -2.22. The lowest BCUT2D eigenvalue weighted by atomic mass is 10.5. The Morgan fingerprint density at radius 1 is 1.00 bits per heavy atom. The molecule has 0 N–H and O–H groups in total. The second-order valence-electron chi connectivity index (χ2n) is 3.25. The normalized spacial score (nSPS) is 9.94. The minimum Gasteiger partial charge on any atom is -1.00 e. The monoisotopic (exact) mass is 264 g/mol. The first-order chi connectivity index (χ1) is 6.97. The van der Waals surface area contributed by atoms with Crippen molar-refractivity contribution in [1.29, 1.82) is 0 Å². The maximum Gasteiger partial charge on any atom is 0.762 e. The van der Waals surface area contributed by atoms with Gasteiger partial charge >= 0.3 is 7.54 Å². The quantitative estimate of drug-likeness (QED) is 0.387. The number of ether oxygens (including phenoxy) is 1. The zero-order valence-corrected chi connectivity index (χ0v) is 11.4. The molecule has 0 aliphatic rings. The largest absolute Gasteiger partial charge is 1.00 e. The van der Waals surface area contributed by atoms with Crippen LogP contribution in [0.5, 0.6) is 0 Å². The van der Waals surface area contributed by atoms with Crippen molar-refractivity contribution >= 4 is 14.8 Å². The smallest absolute Gasteiger partial charge is 0.762 e. The maximum atomic E-state index is 9.67. The van der Waals surface area contributed by atoms with Crippen molar-refractivity contribution < 1.29 is 22.4 Å². The molecule has 0 unspecified atom stereocenters. The van der Waals surface area contributed by atoms with Gasteiger partial charge in [0.25, 0.3) is 0 Å². The topological polar surface area (TPSA) is 9.23 Å². The summed E-state index contributed by atoms with van der Waals surface area (Å²) in [5.74, 6) is 0. The second kappa shape index (κ2) is 13.2. The summed E-state index contributed by atoms with van der Waals surface area (Å²) in [5, 5.41) is 0. The molecule has 0 spiro atoms. The highest BCUT2D eigenvalue weighted by Gasteiger charge is 2.29. The summed E-state index contributed by atoms with van der Waals surface area (Å²) in [6.07, 6.45) is 5.50. The molecule has 0 amide bonds. The van der Waals surface area contributed by atoms with E-state index in [2.05, 4.69) is 20.8 Å². The SMILES string of the molecule is CC[P+](CC)(CC)CCOC.FB(F)F.[F-]. The standard InChI is InChI=1S/C9H22OP.BF3.FH/c1-5-11(6-2,7-3)9-8-10-4;2-1(3)4;/h5-9H2,1-4H3;;1H/q+1;;/p-1. The van der Waals surface area contributed by atoms with Gasteiger partial charge in [-0.05, 0) is 20.8 Å². The summed E-state index contributed by atoms with van der Waals surface area (Å²) in [5.41, 5.74) is 0. The van der Waals surface area contributed by atoms with Crippen molar-refractivity contribution in [1.82, 2.24) is 0 Å². The summed E-state index contributed by atoms with van der Waals surface area (Å²) in [6, 6.07) is 0. The average Bonchev–Trinajstić information content (AvgIpc) is 2.20. The van der Waals surface area contributed by atoms with Crippen LogP contribution in [-0.4, -0.2) is 45.9 Å². The number of methoxy groups -OCH3 is 1. The molecular formula is C9H22BF4OP. The van der Waals surface area contributed by atoms with Crippen LogP contribution < -0.4 is 4.70 Å². The first-order valence-electron chi connectivity index (χ1n) is 5.24. The van der Waals surface area contributed by atoms with Gasteiger partial charge in [0.1, 0.15) is 0 Å². The predicted molar refractivity (Wildman–Crippen MR) is 64.4 cm³/mol. The third-order valence-corrected chi connectivity index (χ3v) is 7.94.